The van der Waals surface area contributed by atoms with Crippen molar-refractivity contribution < 1.29 is 0 Å². The summed E-state index contributed by atoms with van der Waals surface area (Å²) in [6, 6.07) is 0. The van der Waals surface area contributed by atoms with Crippen molar-refractivity contribution in [2.75, 3.05) is 12.3 Å². The fourth-order valence-corrected chi connectivity index (χ4v) is 1.32. The largest absolute Gasteiger partial charge is 0.375 e. The lowest BCUT2D eigenvalue weighted by atomic mass is 10.2. The molecule has 0 aliphatic carbocycles. The highest BCUT2D eigenvalue weighted by molar-refractivity contribution is 7.13. The molecule has 3 nitrogen and oxygen atoms in total. The van der Waals surface area contributed by atoms with Crippen LogP contribution in [0.25, 0.3) is 0 Å². The lowest BCUT2D eigenvalue weighted by Crippen LogP contribution is -2.00. The highest BCUT2D eigenvalue weighted by atomic mass is 35.5. The van der Waals surface area contributed by atoms with E-state index in [0.717, 1.165) is 25.1 Å². The third-order valence-electron chi connectivity index (χ3n) is 1.21. The zero-order valence-electron chi connectivity index (χ0n) is 6.53. The lowest BCUT2D eigenvalue weighted by molar-refractivity contribution is 0.817. The molecular weight excluding hydrogens is 217 g/mol. The van der Waals surface area contributed by atoms with Gasteiger partial charge in [-0.15, -0.1) is 36.2 Å². The quantitative estimate of drug-likeness (QED) is 0.826. The monoisotopic (exact) mass is 229 g/mol. The Morgan fingerprint density at radius 1 is 1.42 bits per heavy atom. The van der Waals surface area contributed by atoms with Crippen LogP contribution < -0.4 is 11.5 Å². The summed E-state index contributed by atoms with van der Waals surface area (Å²) in [5.41, 5.74) is 11.8. The van der Waals surface area contributed by atoms with Gasteiger partial charge in [0, 0.05) is 5.38 Å². The fraction of sp³-hybridized carbons (Fsp3) is 0.500. The Hall–Kier alpha value is -0.0300. The smallest absolute Gasteiger partial charge is 0.180 e. The van der Waals surface area contributed by atoms with Gasteiger partial charge < -0.3 is 11.5 Å². The van der Waals surface area contributed by atoms with Crippen LogP contribution in [0.1, 0.15) is 12.1 Å². The second kappa shape index (κ2) is 7.61. The molecule has 1 rings (SSSR count). The molecule has 1 heterocycles. The van der Waals surface area contributed by atoms with E-state index in [0.29, 0.717) is 5.13 Å². The minimum Gasteiger partial charge on any atom is -0.375 e. The van der Waals surface area contributed by atoms with Crippen LogP contribution in [-0.4, -0.2) is 11.5 Å². The van der Waals surface area contributed by atoms with Crippen LogP contribution in [0.5, 0.6) is 0 Å². The van der Waals surface area contributed by atoms with E-state index in [1.54, 1.807) is 0 Å². The van der Waals surface area contributed by atoms with Crippen molar-refractivity contribution in [3.63, 3.8) is 0 Å². The molecule has 0 atom stereocenters. The van der Waals surface area contributed by atoms with Crippen LogP contribution in [0.2, 0.25) is 0 Å². The molecule has 0 radical (unpaired) electrons. The Labute approximate surface area is 88.4 Å². The molecule has 12 heavy (non-hydrogen) atoms. The molecule has 1 aromatic rings. The van der Waals surface area contributed by atoms with Crippen LogP contribution >= 0.6 is 36.2 Å². The van der Waals surface area contributed by atoms with Gasteiger partial charge in [0.05, 0.1) is 5.69 Å². The first-order valence-electron chi connectivity index (χ1n) is 3.23. The number of aryl methyl sites for hydroxylation is 1. The first-order valence-corrected chi connectivity index (χ1v) is 4.11. The summed E-state index contributed by atoms with van der Waals surface area (Å²) in [7, 11) is 0. The maximum Gasteiger partial charge on any atom is 0.180 e. The van der Waals surface area contributed by atoms with Gasteiger partial charge in [0.15, 0.2) is 5.13 Å². The van der Waals surface area contributed by atoms with Gasteiger partial charge in [-0.1, -0.05) is 0 Å². The number of thiazole rings is 1. The number of halogens is 2. The summed E-state index contributed by atoms with van der Waals surface area (Å²) in [6.45, 7) is 0.720. The minimum atomic E-state index is 0. The van der Waals surface area contributed by atoms with Crippen molar-refractivity contribution >= 4 is 41.3 Å². The molecule has 0 unspecified atom stereocenters. The van der Waals surface area contributed by atoms with Crippen LogP contribution in [0, 0.1) is 0 Å². The lowest BCUT2D eigenvalue weighted by Gasteiger charge is -1.90. The van der Waals surface area contributed by atoms with Crippen molar-refractivity contribution in [3.05, 3.63) is 11.1 Å². The molecule has 0 spiro atoms. The third kappa shape index (κ3) is 4.77. The van der Waals surface area contributed by atoms with Crippen molar-refractivity contribution in [1.82, 2.24) is 4.98 Å². The first-order chi connectivity index (χ1) is 4.83. The molecule has 0 aliphatic rings. The summed E-state index contributed by atoms with van der Waals surface area (Å²) < 4.78 is 0. The minimum absolute atomic E-state index is 0. The SMILES string of the molecule is Cl.Cl.NCCCc1csc(N)n1. The van der Waals surface area contributed by atoms with Gasteiger partial charge >= 0.3 is 0 Å². The first kappa shape index (κ1) is 14.5. The number of rotatable bonds is 3. The van der Waals surface area contributed by atoms with E-state index in [9.17, 15) is 0 Å². The standard InChI is InChI=1S/C6H11N3S.2ClH/c7-3-1-2-5-4-10-6(8)9-5;;/h4H,1-3,7H2,(H2,8,9);2*1H. The van der Waals surface area contributed by atoms with Crippen LogP contribution in [-0.2, 0) is 6.42 Å². The van der Waals surface area contributed by atoms with Gasteiger partial charge in [-0.2, -0.15) is 0 Å². The molecule has 72 valence electrons. The molecule has 0 saturated carbocycles. The van der Waals surface area contributed by atoms with Gasteiger partial charge in [-0.3, -0.25) is 0 Å². The zero-order chi connectivity index (χ0) is 7.40. The number of nitrogens with zero attached hydrogens (tertiary/aromatic N) is 1. The topological polar surface area (TPSA) is 64.9 Å². The Kier molecular flexibility index (Phi) is 9.19. The van der Waals surface area contributed by atoms with E-state index in [2.05, 4.69) is 4.98 Å². The predicted molar refractivity (Wildman–Crippen MR) is 58.4 cm³/mol. The van der Waals surface area contributed by atoms with E-state index in [1.165, 1.54) is 11.3 Å². The van der Waals surface area contributed by atoms with Crippen LogP contribution in [0.3, 0.4) is 0 Å². The average molecular weight is 230 g/mol. The summed E-state index contributed by atoms with van der Waals surface area (Å²) in [4.78, 5) is 4.09. The normalized spacial score (nSPS) is 8.42. The fourth-order valence-electron chi connectivity index (χ4n) is 0.721. The number of aromatic nitrogens is 1. The van der Waals surface area contributed by atoms with Gasteiger partial charge in [0.25, 0.3) is 0 Å². The Morgan fingerprint density at radius 3 is 2.50 bits per heavy atom. The molecule has 4 N–H and O–H groups in total. The summed E-state index contributed by atoms with van der Waals surface area (Å²) >= 11 is 1.48. The summed E-state index contributed by atoms with van der Waals surface area (Å²) in [5, 5.41) is 2.62. The van der Waals surface area contributed by atoms with E-state index >= 15 is 0 Å². The molecule has 0 bridgehead atoms. The number of anilines is 1. The van der Waals surface area contributed by atoms with Gasteiger partial charge in [-0.25, -0.2) is 4.98 Å². The Morgan fingerprint density at radius 2 is 2.08 bits per heavy atom. The highest BCUT2D eigenvalue weighted by Gasteiger charge is 1.96. The van der Waals surface area contributed by atoms with Crippen molar-refractivity contribution in [2.24, 2.45) is 5.73 Å². The molecule has 0 aromatic carbocycles. The maximum atomic E-state index is 5.43. The van der Waals surface area contributed by atoms with E-state index in [4.69, 9.17) is 11.5 Å². The number of hydrogen-bond acceptors (Lipinski definition) is 4. The van der Waals surface area contributed by atoms with Crippen molar-refractivity contribution in [2.45, 2.75) is 12.8 Å². The van der Waals surface area contributed by atoms with Gasteiger partial charge in [-0.05, 0) is 19.4 Å². The molecule has 0 fully saturated rings. The second-order valence-electron chi connectivity index (χ2n) is 2.07. The predicted octanol–water partition coefficient (Wildman–Crippen LogP) is 1.46. The maximum absolute atomic E-state index is 5.43. The van der Waals surface area contributed by atoms with E-state index < -0.39 is 0 Å². The summed E-state index contributed by atoms with van der Waals surface area (Å²) in [5.74, 6) is 0. The van der Waals surface area contributed by atoms with Gasteiger partial charge in [0.2, 0.25) is 0 Å². The van der Waals surface area contributed by atoms with Crippen molar-refractivity contribution in [1.29, 1.82) is 0 Å². The van der Waals surface area contributed by atoms with E-state index in [-0.39, 0.29) is 24.8 Å². The van der Waals surface area contributed by atoms with Crippen LogP contribution in [0.4, 0.5) is 5.13 Å². The number of hydrogen-bond donors (Lipinski definition) is 2. The van der Waals surface area contributed by atoms with E-state index in [1.807, 2.05) is 5.38 Å². The summed E-state index contributed by atoms with van der Waals surface area (Å²) in [6.07, 6.45) is 1.94. The zero-order valence-corrected chi connectivity index (χ0v) is 8.97. The highest BCUT2D eigenvalue weighted by Crippen LogP contribution is 2.11. The third-order valence-corrected chi connectivity index (χ3v) is 1.93. The number of nitrogens with two attached hydrogens (primary N) is 2. The molecule has 0 saturated heterocycles. The number of nitrogen functional groups attached to an aromatic ring is 1. The molecule has 0 aliphatic heterocycles. The van der Waals surface area contributed by atoms with Crippen molar-refractivity contribution in [3.8, 4) is 0 Å². The van der Waals surface area contributed by atoms with Crippen LogP contribution in [0.15, 0.2) is 5.38 Å². The molecule has 1 aromatic heterocycles. The molecule has 6 heteroatoms. The van der Waals surface area contributed by atoms with Gasteiger partial charge in [0.1, 0.15) is 0 Å². The average Bonchev–Trinajstić information content (AvgIpc) is 2.31. The Balaban J connectivity index is 0. The molecular formula is C6H13Cl2N3S. The second-order valence-corrected chi connectivity index (χ2v) is 2.96. The molecule has 0 amide bonds. The Bertz CT molecular complexity index is 204.